The third-order valence-corrected chi connectivity index (χ3v) is 7.08. The van der Waals surface area contributed by atoms with Crippen LogP contribution in [0.25, 0.3) is 11.7 Å². The van der Waals surface area contributed by atoms with E-state index in [0.717, 1.165) is 25.1 Å². The average molecular weight is 443 g/mol. The van der Waals surface area contributed by atoms with Crippen LogP contribution in [0.5, 0.6) is 0 Å². The Hall–Kier alpha value is -2.19. The van der Waals surface area contributed by atoms with Gasteiger partial charge in [-0.25, -0.2) is 4.98 Å². The molecule has 2 atom stereocenters. The Morgan fingerprint density at radius 2 is 1.97 bits per heavy atom. The summed E-state index contributed by atoms with van der Waals surface area (Å²) in [4.78, 5) is 35.5. The first-order valence-electron chi connectivity index (χ1n) is 10.3. The number of nitrogens with zero attached hydrogens (tertiary/aromatic N) is 4. The molecular weight excluding hydrogens is 416 g/mol. The van der Waals surface area contributed by atoms with Gasteiger partial charge in [-0.1, -0.05) is 43.9 Å². The SMILES string of the molecule is CCN1C(=O)/C(=C\c2c(N3C[C@@H](C)C[C@H](C)C3)nc3c(C)cccn3c2=O)SC1=S. The highest BCUT2D eigenvalue weighted by Crippen LogP contribution is 2.34. The molecule has 0 aliphatic carbocycles. The van der Waals surface area contributed by atoms with Gasteiger partial charge in [-0.05, 0) is 49.8 Å². The largest absolute Gasteiger partial charge is 0.355 e. The fraction of sp³-hybridized carbons (Fsp3) is 0.455. The summed E-state index contributed by atoms with van der Waals surface area (Å²) in [7, 11) is 0. The third kappa shape index (κ3) is 3.67. The van der Waals surface area contributed by atoms with Crippen molar-refractivity contribution < 1.29 is 4.79 Å². The van der Waals surface area contributed by atoms with Crippen LogP contribution in [0.1, 0.15) is 38.3 Å². The number of aromatic nitrogens is 2. The second-order valence-electron chi connectivity index (χ2n) is 8.32. The summed E-state index contributed by atoms with van der Waals surface area (Å²) >= 11 is 6.59. The predicted octanol–water partition coefficient (Wildman–Crippen LogP) is 3.71. The topological polar surface area (TPSA) is 57.9 Å². The molecule has 4 heterocycles. The molecule has 0 aromatic carbocycles. The number of carbonyl (C=O) groups is 1. The number of thiocarbonyl (C=S) groups is 1. The fourth-order valence-electron chi connectivity index (χ4n) is 4.41. The van der Waals surface area contributed by atoms with Gasteiger partial charge < -0.3 is 4.90 Å². The predicted molar refractivity (Wildman–Crippen MR) is 127 cm³/mol. The number of carbonyl (C=O) groups excluding carboxylic acids is 1. The maximum absolute atomic E-state index is 13.5. The molecule has 0 bridgehead atoms. The van der Waals surface area contributed by atoms with Crippen LogP contribution >= 0.6 is 24.0 Å². The molecule has 2 saturated heterocycles. The van der Waals surface area contributed by atoms with Crippen LogP contribution in [0.2, 0.25) is 0 Å². The molecule has 0 spiro atoms. The Morgan fingerprint density at radius 3 is 2.60 bits per heavy atom. The highest BCUT2D eigenvalue weighted by molar-refractivity contribution is 8.26. The second-order valence-corrected chi connectivity index (χ2v) is 9.99. The molecule has 158 valence electrons. The number of hydrogen-bond acceptors (Lipinski definition) is 6. The van der Waals surface area contributed by atoms with Gasteiger partial charge in [-0.15, -0.1) is 0 Å². The van der Waals surface area contributed by atoms with Crippen molar-refractivity contribution in [3.63, 3.8) is 0 Å². The summed E-state index contributed by atoms with van der Waals surface area (Å²) in [5, 5.41) is 0. The smallest absolute Gasteiger partial charge is 0.267 e. The van der Waals surface area contributed by atoms with Crippen LogP contribution in [0.3, 0.4) is 0 Å². The lowest BCUT2D eigenvalue weighted by atomic mass is 9.91. The highest BCUT2D eigenvalue weighted by Gasteiger charge is 2.32. The van der Waals surface area contributed by atoms with E-state index in [-0.39, 0.29) is 11.5 Å². The van der Waals surface area contributed by atoms with Crippen molar-refractivity contribution in [2.24, 2.45) is 11.8 Å². The van der Waals surface area contributed by atoms with E-state index in [9.17, 15) is 9.59 Å². The van der Waals surface area contributed by atoms with Gasteiger partial charge in [0.25, 0.3) is 11.5 Å². The zero-order chi connectivity index (χ0) is 21.6. The van der Waals surface area contributed by atoms with Gasteiger partial charge in [0.05, 0.1) is 10.5 Å². The Bertz CT molecular complexity index is 1110. The molecule has 2 aliphatic heterocycles. The Balaban J connectivity index is 1.92. The summed E-state index contributed by atoms with van der Waals surface area (Å²) in [5.74, 6) is 1.54. The summed E-state index contributed by atoms with van der Waals surface area (Å²) < 4.78 is 2.10. The number of pyridine rings is 1. The normalized spacial score (nSPS) is 23.8. The second kappa shape index (κ2) is 8.15. The minimum absolute atomic E-state index is 0.146. The van der Waals surface area contributed by atoms with Crippen LogP contribution in [-0.4, -0.2) is 44.1 Å². The molecule has 0 N–H and O–H groups in total. The third-order valence-electron chi connectivity index (χ3n) is 5.70. The summed E-state index contributed by atoms with van der Waals surface area (Å²) in [5.41, 5.74) is 1.89. The number of rotatable bonds is 3. The Kier molecular flexibility index (Phi) is 5.72. The van der Waals surface area contributed by atoms with E-state index in [1.807, 2.05) is 26.0 Å². The first-order chi connectivity index (χ1) is 14.3. The average Bonchev–Trinajstić information content (AvgIpc) is 2.96. The van der Waals surface area contributed by atoms with Crippen molar-refractivity contribution in [1.29, 1.82) is 0 Å². The number of fused-ring (bicyclic) bond motifs is 1. The quantitative estimate of drug-likeness (QED) is 0.534. The minimum Gasteiger partial charge on any atom is -0.355 e. The minimum atomic E-state index is -0.161. The van der Waals surface area contributed by atoms with Crippen molar-refractivity contribution in [3.05, 3.63) is 44.7 Å². The summed E-state index contributed by atoms with van der Waals surface area (Å²) in [6, 6.07) is 3.80. The maximum atomic E-state index is 13.5. The lowest BCUT2D eigenvalue weighted by Gasteiger charge is -2.36. The van der Waals surface area contributed by atoms with E-state index in [4.69, 9.17) is 17.2 Å². The van der Waals surface area contributed by atoms with Crippen molar-refractivity contribution in [2.45, 2.75) is 34.1 Å². The van der Waals surface area contributed by atoms with E-state index in [2.05, 4.69) is 18.7 Å². The fourth-order valence-corrected chi connectivity index (χ4v) is 5.77. The van der Waals surface area contributed by atoms with Crippen LogP contribution in [0, 0.1) is 18.8 Å². The van der Waals surface area contributed by atoms with E-state index < -0.39 is 0 Å². The first kappa shape index (κ1) is 21.1. The number of aryl methyl sites for hydroxylation is 1. The number of amides is 1. The van der Waals surface area contributed by atoms with E-state index in [0.29, 0.717) is 44.6 Å². The van der Waals surface area contributed by atoms with Gasteiger partial charge >= 0.3 is 0 Å². The summed E-state index contributed by atoms with van der Waals surface area (Å²) in [6.45, 7) is 10.5. The van der Waals surface area contributed by atoms with Gasteiger partial charge in [0.15, 0.2) is 0 Å². The number of piperidine rings is 1. The van der Waals surface area contributed by atoms with Crippen molar-refractivity contribution >= 4 is 51.7 Å². The zero-order valence-electron chi connectivity index (χ0n) is 17.7. The van der Waals surface area contributed by atoms with Gasteiger partial charge in [0.2, 0.25) is 0 Å². The van der Waals surface area contributed by atoms with Gasteiger partial charge in [0.1, 0.15) is 15.8 Å². The summed E-state index contributed by atoms with van der Waals surface area (Å²) in [6.07, 6.45) is 4.59. The first-order valence-corrected chi connectivity index (χ1v) is 11.5. The van der Waals surface area contributed by atoms with Crippen LogP contribution in [0.4, 0.5) is 5.82 Å². The number of likely N-dealkylation sites (N-methyl/N-ethyl adjacent to an activating group) is 1. The molecule has 0 saturated carbocycles. The molecule has 30 heavy (non-hydrogen) atoms. The Labute approximate surface area is 186 Å². The van der Waals surface area contributed by atoms with E-state index in [1.54, 1.807) is 21.6 Å². The molecule has 6 nitrogen and oxygen atoms in total. The monoisotopic (exact) mass is 442 g/mol. The molecule has 2 aliphatic rings. The van der Waals surface area contributed by atoms with Gasteiger partial charge in [-0.3, -0.25) is 18.9 Å². The number of thioether (sulfide) groups is 1. The molecule has 0 unspecified atom stereocenters. The maximum Gasteiger partial charge on any atom is 0.267 e. The molecule has 2 fully saturated rings. The molecule has 8 heteroatoms. The highest BCUT2D eigenvalue weighted by atomic mass is 32.2. The lowest BCUT2D eigenvalue weighted by Crippen LogP contribution is -2.40. The number of hydrogen-bond donors (Lipinski definition) is 0. The molecule has 2 aromatic heterocycles. The zero-order valence-corrected chi connectivity index (χ0v) is 19.3. The molecule has 4 rings (SSSR count). The van der Waals surface area contributed by atoms with Crippen molar-refractivity contribution in [1.82, 2.24) is 14.3 Å². The van der Waals surface area contributed by atoms with E-state index in [1.165, 1.54) is 11.8 Å². The van der Waals surface area contributed by atoms with Crippen LogP contribution in [0.15, 0.2) is 28.0 Å². The number of anilines is 1. The van der Waals surface area contributed by atoms with E-state index >= 15 is 0 Å². The van der Waals surface area contributed by atoms with Crippen molar-refractivity contribution in [3.8, 4) is 0 Å². The van der Waals surface area contributed by atoms with Crippen molar-refractivity contribution in [2.75, 3.05) is 24.5 Å². The molecule has 2 aromatic rings. The lowest BCUT2D eigenvalue weighted by molar-refractivity contribution is -0.121. The standard InChI is InChI=1S/C22H26N4O2S2/c1-5-25-21(28)17(30-22(25)29)10-16-19(24-11-13(2)9-14(3)12-24)23-18-15(4)7-6-8-26(18)20(16)27/h6-8,10,13-14H,5,9,11-12H2,1-4H3/b17-10+/t13-,14-/m0/s1. The van der Waals surface area contributed by atoms with Crippen LogP contribution in [-0.2, 0) is 4.79 Å². The van der Waals surface area contributed by atoms with Crippen LogP contribution < -0.4 is 10.5 Å². The van der Waals surface area contributed by atoms with Gasteiger partial charge in [-0.2, -0.15) is 0 Å². The molecule has 0 radical (unpaired) electrons. The van der Waals surface area contributed by atoms with Gasteiger partial charge in [0, 0.05) is 25.8 Å². The molecular formula is C22H26N4O2S2. The molecule has 1 amide bonds. The Morgan fingerprint density at radius 1 is 1.27 bits per heavy atom.